The number of ether oxygens (including phenoxy) is 1. The summed E-state index contributed by atoms with van der Waals surface area (Å²) in [5.74, 6) is -0.485. The molecule has 4 aromatic rings. The first kappa shape index (κ1) is 19.8. The van der Waals surface area contributed by atoms with E-state index in [4.69, 9.17) is 4.74 Å². The zero-order chi connectivity index (χ0) is 21.3. The standard InChI is InChI=1S/C22H21FN4O3/c1-15-6-3-4-7-16(15)13-25-14-24-20-19(25)21(28)26(10-11-30-2)22(29)27(20)18-9-5-8-17(23)12-18/h3-9,12,14H,10-11,13H2,1-2H3. The van der Waals surface area contributed by atoms with Crippen LogP contribution in [-0.4, -0.2) is 32.4 Å². The molecule has 4 rings (SSSR count). The molecule has 2 aromatic carbocycles. The molecule has 0 N–H and O–H groups in total. The molecule has 0 saturated heterocycles. The predicted molar refractivity (Wildman–Crippen MR) is 112 cm³/mol. The third kappa shape index (κ3) is 3.46. The Hall–Kier alpha value is -3.52. The van der Waals surface area contributed by atoms with Crippen molar-refractivity contribution >= 4 is 11.2 Å². The number of rotatable bonds is 6. The van der Waals surface area contributed by atoms with Gasteiger partial charge in [-0.05, 0) is 36.2 Å². The molecular formula is C22H21FN4O3. The van der Waals surface area contributed by atoms with Crippen LogP contribution >= 0.6 is 0 Å². The van der Waals surface area contributed by atoms with Gasteiger partial charge in [0.1, 0.15) is 5.82 Å². The molecule has 0 fully saturated rings. The Morgan fingerprint density at radius 2 is 1.90 bits per heavy atom. The number of methoxy groups -OCH3 is 1. The lowest BCUT2D eigenvalue weighted by atomic mass is 10.1. The molecule has 2 aromatic heterocycles. The van der Waals surface area contributed by atoms with Crippen LogP contribution in [0, 0.1) is 12.7 Å². The number of benzene rings is 2. The molecule has 30 heavy (non-hydrogen) atoms. The highest BCUT2D eigenvalue weighted by molar-refractivity contribution is 5.72. The second-order valence-corrected chi connectivity index (χ2v) is 7.02. The lowest BCUT2D eigenvalue weighted by Crippen LogP contribution is -2.41. The second kappa shape index (κ2) is 8.08. The van der Waals surface area contributed by atoms with Crippen LogP contribution in [0.2, 0.25) is 0 Å². The molecule has 154 valence electrons. The molecule has 0 aliphatic rings. The minimum Gasteiger partial charge on any atom is -0.383 e. The van der Waals surface area contributed by atoms with Gasteiger partial charge in [0.05, 0.1) is 25.2 Å². The number of aryl methyl sites for hydroxylation is 1. The van der Waals surface area contributed by atoms with Gasteiger partial charge in [-0.15, -0.1) is 0 Å². The zero-order valence-electron chi connectivity index (χ0n) is 16.7. The van der Waals surface area contributed by atoms with Crippen molar-refractivity contribution in [1.29, 1.82) is 0 Å². The SMILES string of the molecule is COCCn1c(=O)c2c(ncn2Cc2ccccc2C)n(-c2cccc(F)c2)c1=O. The summed E-state index contributed by atoms with van der Waals surface area (Å²) in [4.78, 5) is 30.7. The summed E-state index contributed by atoms with van der Waals surface area (Å²) in [6.07, 6.45) is 1.54. The molecule has 0 bridgehead atoms. The Morgan fingerprint density at radius 3 is 2.63 bits per heavy atom. The van der Waals surface area contributed by atoms with Crippen LogP contribution in [0.25, 0.3) is 16.9 Å². The molecule has 0 saturated carbocycles. The van der Waals surface area contributed by atoms with E-state index in [-0.39, 0.29) is 24.3 Å². The first-order chi connectivity index (χ1) is 14.5. The van der Waals surface area contributed by atoms with E-state index in [1.54, 1.807) is 10.6 Å². The highest BCUT2D eigenvalue weighted by Gasteiger charge is 2.19. The summed E-state index contributed by atoms with van der Waals surface area (Å²) in [6, 6.07) is 13.5. The third-order valence-corrected chi connectivity index (χ3v) is 5.09. The second-order valence-electron chi connectivity index (χ2n) is 7.02. The lowest BCUT2D eigenvalue weighted by molar-refractivity contribution is 0.184. The van der Waals surface area contributed by atoms with Crippen LogP contribution in [0.4, 0.5) is 4.39 Å². The first-order valence-electron chi connectivity index (χ1n) is 9.51. The number of imidazole rings is 1. The number of fused-ring (bicyclic) bond motifs is 1. The van der Waals surface area contributed by atoms with Crippen LogP contribution in [0.3, 0.4) is 0 Å². The lowest BCUT2D eigenvalue weighted by Gasteiger charge is -2.13. The van der Waals surface area contributed by atoms with E-state index < -0.39 is 17.1 Å². The number of nitrogens with zero attached hydrogens (tertiary/aromatic N) is 4. The average molecular weight is 408 g/mol. The minimum absolute atomic E-state index is 0.0783. The zero-order valence-corrected chi connectivity index (χ0v) is 16.7. The third-order valence-electron chi connectivity index (χ3n) is 5.09. The summed E-state index contributed by atoms with van der Waals surface area (Å²) in [5.41, 5.74) is 1.84. The summed E-state index contributed by atoms with van der Waals surface area (Å²) >= 11 is 0. The predicted octanol–water partition coefficient (Wildman–Crippen LogP) is 2.49. The van der Waals surface area contributed by atoms with Crippen molar-refractivity contribution in [3.05, 3.63) is 92.6 Å². The van der Waals surface area contributed by atoms with E-state index >= 15 is 0 Å². The molecule has 0 aliphatic heterocycles. The van der Waals surface area contributed by atoms with E-state index in [9.17, 15) is 14.0 Å². The van der Waals surface area contributed by atoms with E-state index in [1.807, 2.05) is 31.2 Å². The van der Waals surface area contributed by atoms with Crippen molar-refractivity contribution in [3.8, 4) is 5.69 Å². The van der Waals surface area contributed by atoms with Crippen LogP contribution < -0.4 is 11.2 Å². The molecule has 0 atom stereocenters. The average Bonchev–Trinajstić information content (AvgIpc) is 3.13. The fourth-order valence-electron chi connectivity index (χ4n) is 3.50. The number of halogens is 1. The number of aromatic nitrogens is 4. The Bertz CT molecular complexity index is 1340. The van der Waals surface area contributed by atoms with E-state index in [0.29, 0.717) is 12.2 Å². The molecule has 2 heterocycles. The van der Waals surface area contributed by atoms with Crippen molar-refractivity contribution in [3.63, 3.8) is 0 Å². The summed E-state index contributed by atoms with van der Waals surface area (Å²) in [6.45, 7) is 2.68. The largest absolute Gasteiger partial charge is 0.383 e. The molecule has 0 aliphatic carbocycles. The van der Waals surface area contributed by atoms with Crippen LogP contribution in [0.5, 0.6) is 0 Å². The maximum Gasteiger partial charge on any atom is 0.337 e. The van der Waals surface area contributed by atoms with Crippen molar-refractivity contribution in [1.82, 2.24) is 18.7 Å². The summed E-state index contributed by atoms with van der Waals surface area (Å²) in [5, 5.41) is 0. The molecule has 8 heteroatoms. The van der Waals surface area contributed by atoms with Gasteiger partial charge in [0, 0.05) is 13.7 Å². The van der Waals surface area contributed by atoms with Crippen molar-refractivity contribution in [2.45, 2.75) is 20.0 Å². The van der Waals surface area contributed by atoms with Gasteiger partial charge < -0.3 is 9.30 Å². The topological polar surface area (TPSA) is 71.1 Å². The molecule has 0 spiro atoms. The normalized spacial score (nSPS) is 11.3. The van der Waals surface area contributed by atoms with Crippen LogP contribution in [0.1, 0.15) is 11.1 Å². The highest BCUT2D eigenvalue weighted by Crippen LogP contribution is 2.16. The van der Waals surface area contributed by atoms with Gasteiger partial charge in [-0.25, -0.2) is 18.7 Å². The summed E-state index contributed by atoms with van der Waals surface area (Å²) < 4.78 is 23.0. The minimum atomic E-state index is -0.587. The molecule has 0 amide bonds. The fraction of sp³-hybridized carbons (Fsp3) is 0.227. The van der Waals surface area contributed by atoms with E-state index in [2.05, 4.69) is 4.98 Å². The maximum atomic E-state index is 13.9. The first-order valence-corrected chi connectivity index (χ1v) is 9.51. The van der Waals surface area contributed by atoms with Gasteiger partial charge in [-0.3, -0.25) is 9.36 Å². The Balaban J connectivity index is 1.99. The van der Waals surface area contributed by atoms with E-state index in [0.717, 1.165) is 15.7 Å². The quantitative estimate of drug-likeness (QED) is 0.492. The monoisotopic (exact) mass is 408 g/mol. The van der Waals surface area contributed by atoms with Gasteiger partial charge in [-0.2, -0.15) is 0 Å². The molecule has 7 nitrogen and oxygen atoms in total. The van der Waals surface area contributed by atoms with Gasteiger partial charge >= 0.3 is 5.69 Å². The number of hydrogen-bond acceptors (Lipinski definition) is 4. The highest BCUT2D eigenvalue weighted by atomic mass is 19.1. The van der Waals surface area contributed by atoms with Gasteiger partial charge in [0.15, 0.2) is 11.2 Å². The van der Waals surface area contributed by atoms with Gasteiger partial charge in [0.2, 0.25) is 0 Å². The van der Waals surface area contributed by atoms with Crippen LogP contribution in [0.15, 0.2) is 64.4 Å². The van der Waals surface area contributed by atoms with Crippen molar-refractivity contribution in [2.75, 3.05) is 13.7 Å². The Labute approximate surface area is 171 Å². The van der Waals surface area contributed by atoms with Crippen molar-refractivity contribution < 1.29 is 9.13 Å². The van der Waals surface area contributed by atoms with E-state index in [1.165, 1.54) is 36.2 Å². The smallest absolute Gasteiger partial charge is 0.337 e. The van der Waals surface area contributed by atoms with Crippen molar-refractivity contribution in [2.24, 2.45) is 0 Å². The fourth-order valence-corrected chi connectivity index (χ4v) is 3.50. The van der Waals surface area contributed by atoms with Gasteiger partial charge in [-0.1, -0.05) is 30.3 Å². The molecule has 0 unspecified atom stereocenters. The molecule has 0 radical (unpaired) electrons. The molecular weight excluding hydrogens is 387 g/mol. The Morgan fingerprint density at radius 1 is 1.10 bits per heavy atom. The van der Waals surface area contributed by atoms with Crippen LogP contribution in [-0.2, 0) is 17.8 Å². The van der Waals surface area contributed by atoms with Gasteiger partial charge in [0.25, 0.3) is 5.56 Å². The maximum absolute atomic E-state index is 13.9. The number of hydrogen-bond donors (Lipinski definition) is 0. The Kier molecular flexibility index (Phi) is 5.33. The summed E-state index contributed by atoms with van der Waals surface area (Å²) in [7, 11) is 1.50.